The molecule has 0 spiro atoms. The molecule has 0 aliphatic rings. The van der Waals surface area contributed by atoms with Gasteiger partial charge < -0.3 is 5.11 Å². The first-order valence-corrected chi connectivity index (χ1v) is 5.03. The summed E-state index contributed by atoms with van der Waals surface area (Å²) < 4.78 is 1.82. The molecule has 1 aromatic carbocycles. The molecule has 0 bridgehead atoms. The molecule has 0 radical (unpaired) electrons. The van der Waals surface area contributed by atoms with Crippen molar-refractivity contribution in [2.24, 2.45) is 0 Å². The Balaban J connectivity index is 2.38. The van der Waals surface area contributed by atoms with Crippen LogP contribution in [0.3, 0.4) is 0 Å². The summed E-state index contributed by atoms with van der Waals surface area (Å²) in [4.78, 5) is 0. The Bertz CT molecular complexity index is 421. The van der Waals surface area contributed by atoms with Gasteiger partial charge in [0.1, 0.15) is 0 Å². The number of para-hydroxylation sites is 1. The molecule has 0 fully saturated rings. The van der Waals surface area contributed by atoms with Crippen LogP contribution in [0.25, 0.3) is 5.69 Å². The molecular formula is C12H14N2O. The molecule has 78 valence electrons. The fourth-order valence-electron chi connectivity index (χ4n) is 1.64. The lowest BCUT2D eigenvalue weighted by molar-refractivity contribution is 0.195. The molecule has 0 amide bonds. The van der Waals surface area contributed by atoms with Gasteiger partial charge in [-0.3, -0.25) is 0 Å². The first kappa shape index (κ1) is 9.93. The SMILES string of the molecule is C[C@@H](O)Cc1ccccc1-n1cccn1. The summed E-state index contributed by atoms with van der Waals surface area (Å²) in [5.41, 5.74) is 2.14. The Hall–Kier alpha value is -1.61. The van der Waals surface area contributed by atoms with Crippen LogP contribution < -0.4 is 0 Å². The van der Waals surface area contributed by atoms with Crippen molar-refractivity contribution in [2.45, 2.75) is 19.4 Å². The second kappa shape index (κ2) is 4.28. The van der Waals surface area contributed by atoms with Crippen LogP contribution >= 0.6 is 0 Å². The standard InChI is InChI=1S/C12H14N2O/c1-10(15)9-11-5-2-3-6-12(11)14-8-4-7-13-14/h2-8,10,15H,9H2,1H3/t10-/m1/s1. The topological polar surface area (TPSA) is 38.0 Å². The van der Waals surface area contributed by atoms with Gasteiger partial charge in [0.05, 0.1) is 11.8 Å². The van der Waals surface area contributed by atoms with E-state index < -0.39 is 0 Å². The minimum absolute atomic E-state index is 0.332. The highest BCUT2D eigenvalue weighted by atomic mass is 16.3. The van der Waals surface area contributed by atoms with Crippen LogP contribution in [0, 0.1) is 0 Å². The number of rotatable bonds is 3. The van der Waals surface area contributed by atoms with E-state index in [4.69, 9.17) is 0 Å². The number of benzene rings is 1. The quantitative estimate of drug-likeness (QED) is 0.824. The van der Waals surface area contributed by atoms with Crippen LogP contribution in [0.15, 0.2) is 42.7 Å². The van der Waals surface area contributed by atoms with Gasteiger partial charge in [0, 0.05) is 18.8 Å². The van der Waals surface area contributed by atoms with Gasteiger partial charge in [-0.05, 0) is 24.6 Å². The number of nitrogens with zero attached hydrogens (tertiary/aromatic N) is 2. The highest BCUT2D eigenvalue weighted by Crippen LogP contribution is 2.15. The van der Waals surface area contributed by atoms with Crippen LogP contribution in [0.2, 0.25) is 0 Å². The molecule has 0 unspecified atom stereocenters. The van der Waals surface area contributed by atoms with Gasteiger partial charge in [0.25, 0.3) is 0 Å². The maximum absolute atomic E-state index is 9.40. The fraction of sp³-hybridized carbons (Fsp3) is 0.250. The smallest absolute Gasteiger partial charge is 0.0678 e. The van der Waals surface area contributed by atoms with E-state index in [0.29, 0.717) is 6.42 Å². The average Bonchev–Trinajstić information content (AvgIpc) is 2.70. The molecule has 15 heavy (non-hydrogen) atoms. The first-order chi connectivity index (χ1) is 7.27. The van der Waals surface area contributed by atoms with E-state index >= 15 is 0 Å². The highest BCUT2D eigenvalue weighted by Gasteiger charge is 2.06. The van der Waals surface area contributed by atoms with E-state index in [1.165, 1.54) is 0 Å². The van der Waals surface area contributed by atoms with Crippen LogP contribution in [0.1, 0.15) is 12.5 Å². The van der Waals surface area contributed by atoms with Crippen LogP contribution in [0.4, 0.5) is 0 Å². The predicted molar refractivity (Wildman–Crippen MR) is 58.9 cm³/mol. The molecule has 0 saturated heterocycles. The molecule has 1 aromatic heterocycles. The Labute approximate surface area is 89.0 Å². The minimum atomic E-state index is -0.332. The van der Waals surface area contributed by atoms with Crippen molar-refractivity contribution in [1.29, 1.82) is 0 Å². The van der Waals surface area contributed by atoms with Crippen molar-refractivity contribution in [1.82, 2.24) is 9.78 Å². The third-order valence-electron chi connectivity index (χ3n) is 2.26. The van der Waals surface area contributed by atoms with Gasteiger partial charge in [-0.15, -0.1) is 0 Å². The van der Waals surface area contributed by atoms with E-state index in [2.05, 4.69) is 5.10 Å². The molecule has 0 aliphatic heterocycles. The van der Waals surface area contributed by atoms with E-state index in [1.54, 1.807) is 13.1 Å². The molecule has 3 heteroatoms. The second-order valence-corrected chi connectivity index (χ2v) is 3.63. The van der Waals surface area contributed by atoms with Gasteiger partial charge in [-0.1, -0.05) is 18.2 Å². The fourth-order valence-corrected chi connectivity index (χ4v) is 1.64. The predicted octanol–water partition coefficient (Wildman–Crippen LogP) is 1.80. The summed E-state index contributed by atoms with van der Waals surface area (Å²) in [6, 6.07) is 9.86. The van der Waals surface area contributed by atoms with Crippen LogP contribution in [-0.4, -0.2) is 21.0 Å². The maximum atomic E-state index is 9.40. The normalized spacial score (nSPS) is 12.7. The van der Waals surface area contributed by atoms with Crippen LogP contribution in [-0.2, 0) is 6.42 Å². The summed E-state index contributed by atoms with van der Waals surface area (Å²) in [5.74, 6) is 0. The average molecular weight is 202 g/mol. The summed E-state index contributed by atoms with van der Waals surface area (Å²) in [7, 11) is 0. The number of aromatic nitrogens is 2. The lowest BCUT2D eigenvalue weighted by Crippen LogP contribution is -2.08. The zero-order valence-corrected chi connectivity index (χ0v) is 8.67. The first-order valence-electron chi connectivity index (χ1n) is 5.03. The van der Waals surface area contributed by atoms with Gasteiger partial charge in [0.2, 0.25) is 0 Å². The third-order valence-corrected chi connectivity index (χ3v) is 2.26. The Morgan fingerprint density at radius 1 is 1.33 bits per heavy atom. The minimum Gasteiger partial charge on any atom is -0.393 e. The van der Waals surface area contributed by atoms with Crippen molar-refractivity contribution < 1.29 is 5.11 Å². The highest BCUT2D eigenvalue weighted by molar-refractivity contribution is 5.40. The monoisotopic (exact) mass is 202 g/mol. The zero-order chi connectivity index (χ0) is 10.7. The Morgan fingerprint density at radius 3 is 2.80 bits per heavy atom. The number of hydrogen-bond acceptors (Lipinski definition) is 2. The second-order valence-electron chi connectivity index (χ2n) is 3.63. The summed E-state index contributed by atoms with van der Waals surface area (Å²) in [5, 5.41) is 13.6. The van der Waals surface area contributed by atoms with Gasteiger partial charge in [-0.25, -0.2) is 4.68 Å². The van der Waals surface area contributed by atoms with Crippen LogP contribution in [0.5, 0.6) is 0 Å². The van der Waals surface area contributed by atoms with Crippen molar-refractivity contribution >= 4 is 0 Å². The molecule has 1 atom stereocenters. The Kier molecular flexibility index (Phi) is 2.83. The lowest BCUT2D eigenvalue weighted by Gasteiger charge is -2.10. The number of aliphatic hydroxyl groups is 1. The summed E-state index contributed by atoms with van der Waals surface area (Å²) in [6.45, 7) is 1.79. The lowest BCUT2D eigenvalue weighted by atomic mass is 10.1. The van der Waals surface area contributed by atoms with E-state index in [1.807, 2.05) is 41.2 Å². The molecular weight excluding hydrogens is 188 g/mol. The van der Waals surface area contributed by atoms with Crippen molar-refractivity contribution in [3.8, 4) is 5.69 Å². The number of hydrogen-bond donors (Lipinski definition) is 1. The zero-order valence-electron chi connectivity index (χ0n) is 8.67. The molecule has 1 N–H and O–H groups in total. The van der Waals surface area contributed by atoms with Crippen molar-refractivity contribution in [3.05, 3.63) is 48.3 Å². The van der Waals surface area contributed by atoms with E-state index in [9.17, 15) is 5.11 Å². The van der Waals surface area contributed by atoms with E-state index in [-0.39, 0.29) is 6.10 Å². The molecule has 0 saturated carbocycles. The third kappa shape index (κ3) is 2.25. The van der Waals surface area contributed by atoms with Crippen molar-refractivity contribution in [2.75, 3.05) is 0 Å². The van der Waals surface area contributed by atoms with Crippen molar-refractivity contribution in [3.63, 3.8) is 0 Å². The van der Waals surface area contributed by atoms with Gasteiger partial charge >= 0.3 is 0 Å². The van der Waals surface area contributed by atoms with Gasteiger partial charge in [-0.2, -0.15) is 5.10 Å². The number of aliphatic hydroxyl groups excluding tert-OH is 1. The molecule has 2 aromatic rings. The van der Waals surface area contributed by atoms with Gasteiger partial charge in [0.15, 0.2) is 0 Å². The largest absolute Gasteiger partial charge is 0.393 e. The van der Waals surface area contributed by atoms with E-state index in [0.717, 1.165) is 11.3 Å². The Morgan fingerprint density at radius 2 is 2.13 bits per heavy atom. The molecule has 3 nitrogen and oxygen atoms in total. The summed E-state index contributed by atoms with van der Waals surface area (Å²) >= 11 is 0. The molecule has 0 aliphatic carbocycles. The maximum Gasteiger partial charge on any atom is 0.0678 e. The summed E-state index contributed by atoms with van der Waals surface area (Å²) in [6.07, 6.45) is 3.97. The molecule has 2 rings (SSSR count). The molecule has 1 heterocycles.